The van der Waals surface area contributed by atoms with Crippen molar-refractivity contribution in [2.45, 2.75) is 13.3 Å². The summed E-state index contributed by atoms with van der Waals surface area (Å²) in [6.45, 7) is 1.73. The molecule has 1 amide bonds. The number of nitrogens with one attached hydrogen (secondary N) is 1. The molecule has 128 valence electrons. The van der Waals surface area contributed by atoms with Gasteiger partial charge in [-0.05, 0) is 28.5 Å². The maximum absolute atomic E-state index is 12.6. The van der Waals surface area contributed by atoms with Crippen molar-refractivity contribution >= 4 is 22.4 Å². The van der Waals surface area contributed by atoms with Crippen molar-refractivity contribution in [1.29, 1.82) is 0 Å². The zero-order valence-electron chi connectivity index (χ0n) is 14.3. The van der Waals surface area contributed by atoms with E-state index in [4.69, 9.17) is 4.52 Å². The summed E-state index contributed by atoms with van der Waals surface area (Å²) in [6, 6.07) is 21.5. The normalized spacial score (nSPS) is 10.8. The number of aromatic nitrogens is 2. The summed E-state index contributed by atoms with van der Waals surface area (Å²) in [5.41, 5.74) is 2.39. The highest BCUT2D eigenvalue weighted by atomic mass is 16.5. The van der Waals surface area contributed by atoms with Crippen LogP contribution in [0.5, 0.6) is 0 Å². The van der Waals surface area contributed by atoms with E-state index in [9.17, 15) is 4.79 Å². The number of rotatable bonds is 4. The molecule has 0 spiro atoms. The second-order valence-corrected chi connectivity index (χ2v) is 6.05. The zero-order chi connectivity index (χ0) is 17.9. The Morgan fingerprint density at radius 2 is 1.77 bits per heavy atom. The number of fused-ring (bicyclic) bond motifs is 1. The van der Waals surface area contributed by atoms with E-state index < -0.39 is 0 Å². The Morgan fingerprint density at radius 1 is 1.00 bits per heavy atom. The first-order chi connectivity index (χ1) is 12.7. The Bertz CT molecular complexity index is 1080. The van der Waals surface area contributed by atoms with Crippen molar-refractivity contribution in [3.05, 3.63) is 78.2 Å². The van der Waals surface area contributed by atoms with Crippen molar-refractivity contribution < 1.29 is 9.32 Å². The highest BCUT2D eigenvalue weighted by Gasteiger charge is 2.13. The third kappa shape index (κ3) is 3.19. The molecule has 0 aliphatic heterocycles. The van der Waals surface area contributed by atoms with E-state index in [-0.39, 0.29) is 5.91 Å². The summed E-state index contributed by atoms with van der Waals surface area (Å²) < 4.78 is 5.05. The third-order valence-corrected chi connectivity index (χ3v) is 4.20. The molecule has 0 aliphatic rings. The van der Waals surface area contributed by atoms with Gasteiger partial charge in [-0.2, -0.15) is 4.98 Å². The molecule has 1 N–H and O–H groups in total. The van der Waals surface area contributed by atoms with E-state index >= 15 is 0 Å². The maximum atomic E-state index is 12.6. The van der Waals surface area contributed by atoms with Crippen LogP contribution >= 0.6 is 0 Å². The molecule has 1 aromatic heterocycles. The molecule has 4 aromatic rings. The lowest BCUT2D eigenvalue weighted by Crippen LogP contribution is -2.15. The number of anilines is 1. The molecule has 0 atom stereocenters. The van der Waals surface area contributed by atoms with Crippen LogP contribution in [0.25, 0.3) is 22.2 Å². The van der Waals surface area contributed by atoms with Gasteiger partial charge in [-0.3, -0.25) is 4.79 Å². The second-order valence-electron chi connectivity index (χ2n) is 6.05. The van der Waals surface area contributed by atoms with Crippen molar-refractivity contribution in [3.8, 4) is 11.4 Å². The standard InChI is InChI=1S/C21H17N3O2/c1-14-22-21(24-26-14)18-11-4-5-12-19(18)23-20(25)13-16-9-6-8-15-7-2-3-10-17(15)16/h2-12H,13H2,1H3,(H,23,25). The fraction of sp³-hybridized carbons (Fsp3) is 0.0952. The molecule has 0 fully saturated rings. The Balaban J connectivity index is 1.59. The van der Waals surface area contributed by atoms with Crippen LogP contribution in [0.3, 0.4) is 0 Å². The van der Waals surface area contributed by atoms with Gasteiger partial charge < -0.3 is 9.84 Å². The molecule has 3 aromatic carbocycles. The SMILES string of the molecule is Cc1nc(-c2ccccc2NC(=O)Cc2cccc3ccccc23)no1. The highest BCUT2D eigenvalue weighted by Crippen LogP contribution is 2.26. The summed E-state index contributed by atoms with van der Waals surface area (Å²) in [6.07, 6.45) is 0.293. The van der Waals surface area contributed by atoms with Crippen LogP contribution in [0.1, 0.15) is 11.5 Å². The second kappa shape index (κ2) is 6.80. The lowest BCUT2D eigenvalue weighted by molar-refractivity contribution is -0.115. The van der Waals surface area contributed by atoms with Crippen LogP contribution in [0.4, 0.5) is 5.69 Å². The fourth-order valence-electron chi connectivity index (χ4n) is 3.01. The van der Waals surface area contributed by atoms with Crippen molar-refractivity contribution in [2.75, 3.05) is 5.32 Å². The number of carbonyl (C=O) groups excluding carboxylic acids is 1. The first kappa shape index (κ1) is 16.0. The Hall–Kier alpha value is -3.47. The number of carbonyl (C=O) groups is 1. The molecule has 0 bridgehead atoms. The number of nitrogens with zero attached hydrogens (tertiary/aromatic N) is 2. The minimum absolute atomic E-state index is 0.0889. The number of aryl methyl sites for hydroxylation is 1. The zero-order valence-corrected chi connectivity index (χ0v) is 14.3. The molecule has 26 heavy (non-hydrogen) atoms. The van der Waals surface area contributed by atoms with E-state index in [0.29, 0.717) is 23.8 Å². The van der Waals surface area contributed by atoms with E-state index in [1.54, 1.807) is 6.92 Å². The van der Waals surface area contributed by atoms with Gasteiger partial charge in [-0.25, -0.2) is 0 Å². The molecule has 4 rings (SSSR count). The smallest absolute Gasteiger partial charge is 0.228 e. The van der Waals surface area contributed by atoms with Gasteiger partial charge in [0.25, 0.3) is 0 Å². The maximum Gasteiger partial charge on any atom is 0.228 e. The average molecular weight is 343 g/mol. The first-order valence-corrected chi connectivity index (χ1v) is 8.37. The van der Waals surface area contributed by atoms with Crippen LogP contribution in [0.15, 0.2) is 71.3 Å². The molecular formula is C21H17N3O2. The molecule has 1 heterocycles. The topological polar surface area (TPSA) is 68.0 Å². The minimum atomic E-state index is -0.0889. The van der Waals surface area contributed by atoms with E-state index in [2.05, 4.69) is 15.5 Å². The van der Waals surface area contributed by atoms with Crippen molar-refractivity contribution in [3.63, 3.8) is 0 Å². The number of benzene rings is 3. The van der Waals surface area contributed by atoms with Crippen LogP contribution < -0.4 is 5.32 Å². The van der Waals surface area contributed by atoms with Crippen LogP contribution in [0.2, 0.25) is 0 Å². The summed E-state index contributed by atoms with van der Waals surface area (Å²) in [5, 5.41) is 9.13. The molecule has 5 heteroatoms. The van der Waals surface area contributed by atoms with Gasteiger partial charge in [0.15, 0.2) is 0 Å². The van der Waals surface area contributed by atoms with Gasteiger partial charge in [0, 0.05) is 12.5 Å². The fourth-order valence-corrected chi connectivity index (χ4v) is 3.01. The molecule has 0 radical (unpaired) electrons. The van der Waals surface area contributed by atoms with Gasteiger partial charge in [0.1, 0.15) is 0 Å². The Labute approximate surface area is 150 Å². The summed E-state index contributed by atoms with van der Waals surface area (Å²) in [5.74, 6) is 0.856. The lowest BCUT2D eigenvalue weighted by Gasteiger charge is -2.10. The minimum Gasteiger partial charge on any atom is -0.339 e. The molecule has 0 aliphatic carbocycles. The number of para-hydroxylation sites is 1. The Morgan fingerprint density at radius 3 is 2.62 bits per heavy atom. The Kier molecular flexibility index (Phi) is 4.19. The first-order valence-electron chi connectivity index (χ1n) is 8.37. The predicted molar refractivity (Wildman–Crippen MR) is 101 cm³/mol. The van der Waals surface area contributed by atoms with Gasteiger partial charge >= 0.3 is 0 Å². The average Bonchev–Trinajstić information content (AvgIpc) is 3.09. The molecule has 0 saturated carbocycles. The summed E-state index contributed by atoms with van der Waals surface area (Å²) >= 11 is 0. The van der Waals surface area contributed by atoms with Gasteiger partial charge in [-0.1, -0.05) is 59.8 Å². The van der Waals surface area contributed by atoms with Gasteiger partial charge in [0.2, 0.25) is 17.6 Å². The quantitative estimate of drug-likeness (QED) is 0.597. The monoisotopic (exact) mass is 343 g/mol. The van der Waals surface area contributed by atoms with E-state index in [0.717, 1.165) is 21.9 Å². The lowest BCUT2D eigenvalue weighted by atomic mass is 10.0. The molecule has 5 nitrogen and oxygen atoms in total. The number of hydrogen-bond acceptors (Lipinski definition) is 4. The van der Waals surface area contributed by atoms with Crippen LogP contribution in [0, 0.1) is 6.92 Å². The van der Waals surface area contributed by atoms with Crippen molar-refractivity contribution in [2.24, 2.45) is 0 Å². The summed E-state index contributed by atoms with van der Waals surface area (Å²) in [4.78, 5) is 16.9. The van der Waals surface area contributed by atoms with E-state index in [1.807, 2.05) is 66.7 Å². The third-order valence-electron chi connectivity index (χ3n) is 4.20. The van der Waals surface area contributed by atoms with Crippen LogP contribution in [-0.2, 0) is 11.2 Å². The number of hydrogen-bond donors (Lipinski definition) is 1. The number of amides is 1. The largest absolute Gasteiger partial charge is 0.339 e. The molecule has 0 saturated heterocycles. The molecule has 0 unspecified atom stereocenters. The van der Waals surface area contributed by atoms with Crippen molar-refractivity contribution in [1.82, 2.24) is 10.1 Å². The van der Waals surface area contributed by atoms with Gasteiger partial charge in [0.05, 0.1) is 12.1 Å². The predicted octanol–water partition coefficient (Wildman–Crippen LogP) is 4.38. The summed E-state index contributed by atoms with van der Waals surface area (Å²) in [7, 11) is 0. The highest BCUT2D eigenvalue weighted by molar-refractivity contribution is 5.98. The van der Waals surface area contributed by atoms with Gasteiger partial charge in [-0.15, -0.1) is 0 Å². The molecular weight excluding hydrogens is 326 g/mol. The van der Waals surface area contributed by atoms with E-state index in [1.165, 1.54) is 0 Å². The van der Waals surface area contributed by atoms with Crippen LogP contribution in [-0.4, -0.2) is 16.0 Å².